The molecule has 4 aromatic rings. The number of primary amides is 1. The molecule has 83 heavy (non-hydrogen) atoms. The first kappa shape index (κ1) is 63.0. The number of aromatic nitrogens is 1. The number of benzene rings is 3. The smallest absolute Gasteiger partial charge is 0.407 e. The molecule has 22 nitrogen and oxygen atoms in total. The summed E-state index contributed by atoms with van der Waals surface area (Å²) in [5.74, 6) is -0.891. The molecule has 7 amide bonds. The van der Waals surface area contributed by atoms with Crippen molar-refractivity contribution in [2.45, 2.75) is 69.7 Å². The average molecular weight is 1170 g/mol. The van der Waals surface area contributed by atoms with Crippen LogP contribution in [0.1, 0.15) is 61.5 Å². The maximum atomic E-state index is 14.8. The largest absolute Gasteiger partial charge is 0.493 e. The molecular formula is C60H79ClN10O12. The van der Waals surface area contributed by atoms with E-state index in [0.717, 1.165) is 16.3 Å². The van der Waals surface area contributed by atoms with Crippen LogP contribution in [0.4, 0.5) is 15.3 Å². The Morgan fingerprint density at radius 3 is 2.33 bits per heavy atom. The number of nitrogens with one attached hydrogen (secondary N) is 6. The number of H-pyrrole nitrogens is 1. The van der Waals surface area contributed by atoms with Crippen LogP contribution in [0.2, 0.25) is 0 Å². The Bertz CT molecular complexity index is 3030. The number of carbonyl (C=O) groups is 6. The molecule has 6 unspecified atom stereocenters. The van der Waals surface area contributed by atoms with Gasteiger partial charge in [0.15, 0.2) is 11.5 Å². The van der Waals surface area contributed by atoms with Gasteiger partial charge in [-0.05, 0) is 74.4 Å². The second kappa shape index (κ2) is 31.1. The van der Waals surface area contributed by atoms with Gasteiger partial charge in [-0.1, -0.05) is 80.6 Å². The van der Waals surface area contributed by atoms with Crippen LogP contribution in [0.5, 0.6) is 17.2 Å². The number of urea groups is 1. The van der Waals surface area contributed by atoms with Crippen LogP contribution in [-0.4, -0.2) is 169 Å². The summed E-state index contributed by atoms with van der Waals surface area (Å²) in [5, 5.41) is 16.2. The molecule has 0 spiro atoms. The van der Waals surface area contributed by atoms with E-state index >= 15 is 0 Å². The van der Waals surface area contributed by atoms with Crippen LogP contribution in [-0.2, 0) is 28.6 Å². The first-order chi connectivity index (χ1) is 40.1. The second-order valence-electron chi connectivity index (χ2n) is 21.0. The quantitative estimate of drug-likeness (QED) is 0.0235. The summed E-state index contributed by atoms with van der Waals surface area (Å²) in [7, 11) is 5.49. The average Bonchev–Trinajstić information content (AvgIpc) is 2.43. The Balaban J connectivity index is 1.12. The fourth-order valence-corrected chi connectivity index (χ4v) is 10.1. The number of ether oxygens (including phenoxy) is 6. The number of aromatic amines is 1. The lowest BCUT2D eigenvalue weighted by Crippen LogP contribution is -2.56. The van der Waals surface area contributed by atoms with Gasteiger partial charge in [0.05, 0.1) is 51.9 Å². The summed E-state index contributed by atoms with van der Waals surface area (Å²) in [6.45, 7) is 6.95. The van der Waals surface area contributed by atoms with Gasteiger partial charge < -0.3 is 81.3 Å². The van der Waals surface area contributed by atoms with E-state index in [4.69, 9.17) is 51.5 Å². The molecule has 2 heterocycles. The van der Waals surface area contributed by atoms with E-state index in [1.165, 1.54) is 0 Å². The number of alkyl carbamates (subject to hydrolysis) is 1. The van der Waals surface area contributed by atoms with E-state index in [0.29, 0.717) is 91.0 Å². The predicted molar refractivity (Wildman–Crippen MR) is 318 cm³/mol. The van der Waals surface area contributed by atoms with E-state index in [1.54, 1.807) is 62.3 Å². The van der Waals surface area contributed by atoms with Crippen molar-refractivity contribution in [3.05, 3.63) is 108 Å². The Labute approximate surface area is 489 Å². The highest BCUT2D eigenvalue weighted by Crippen LogP contribution is 2.47. The fourth-order valence-electron chi connectivity index (χ4n) is 9.90. The molecule has 0 saturated carbocycles. The molecule has 0 bridgehead atoms. The van der Waals surface area contributed by atoms with E-state index in [-0.39, 0.29) is 81.7 Å². The highest BCUT2D eigenvalue weighted by molar-refractivity contribution is 6.19. The van der Waals surface area contributed by atoms with Gasteiger partial charge in [0.25, 0.3) is 11.8 Å². The molecular weight excluding hydrogens is 1090 g/mol. The highest BCUT2D eigenvalue weighted by atomic mass is 35.5. The maximum absolute atomic E-state index is 14.8. The number of methoxy groups -OCH3 is 1. The van der Waals surface area contributed by atoms with Crippen molar-refractivity contribution >= 4 is 74.7 Å². The van der Waals surface area contributed by atoms with Crippen LogP contribution in [0.15, 0.2) is 96.6 Å². The highest BCUT2D eigenvalue weighted by Gasteiger charge is 2.37. The normalized spacial score (nSPS) is 17.4. The van der Waals surface area contributed by atoms with Crippen molar-refractivity contribution in [3.63, 3.8) is 0 Å². The van der Waals surface area contributed by atoms with Gasteiger partial charge in [-0.25, -0.2) is 9.59 Å². The van der Waals surface area contributed by atoms with Gasteiger partial charge in [-0.15, -0.1) is 11.6 Å². The lowest BCUT2D eigenvalue weighted by atomic mass is 9.95. The zero-order valence-electron chi connectivity index (χ0n) is 47.8. The minimum atomic E-state index is -1.24. The number of alkyl halides is 1. The van der Waals surface area contributed by atoms with Gasteiger partial charge in [0, 0.05) is 78.9 Å². The van der Waals surface area contributed by atoms with Crippen molar-refractivity contribution in [2.24, 2.45) is 23.3 Å². The van der Waals surface area contributed by atoms with Crippen LogP contribution >= 0.6 is 11.6 Å². The molecule has 1 aliphatic heterocycles. The van der Waals surface area contributed by atoms with Crippen LogP contribution in [0.25, 0.3) is 21.7 Å². The molecule has 3 aliphatic rings. The molecule has 6 atom stereocenters. The molecule has 0 radical (unpaired) electrons. The molecule has 2 aliphatic carbocycles. The summed E-state index contributed by atoms with van der Waals surface area (Å²) in [6, 6.07) is 11.4. The van der Waals surface area contributed by atoms with Gasteiger partial charge in [0.2, 0.25) is 17.9 Å². The number of nitrogens with two attached hydrogens (primary N) is 2. The van der Waals surface area contributed by atoms with Crippen molar-refractivity contribution in [3.8, 4) is 17.2 Å². The van der Waals surface area contributed by atoms with Gasteiger partial charge in [-0.2, -0.15) is 0 Å². The molecule has 448 valence electrons. The number of anilines is 1. The summed E-state index contributed by atoms with van der Waals surface area (Å²) in [6.07, 6.45) is 12.3. The maximum Gasteiger partial charge on any atom is 0.407 e. The van der Waals surface area contributed by atoms with Gasteiger partial charge >= 0.3 is 12.1 Å². The van der Waals surface area contributed by atoms with E-state index in [1.807, 2.05) is 73.6 Å². The molecule has 7 rings (SSSR count). The fraction of sp³-hybridized carbons (Fsp3) is 0.467. The SMILES string of the molecule is COc1cc2[nH]c(C(=O)N3CC(CCl)c4c3cc(OC(C(=O)NCCOCCOCCN)C3=CCC(NC(=O)C(CCCNC(N)=O)NC(=O)C(NC(=O)OCC5C=CC=CC5)C(C)C)C=C3)c3ccccc43)cc2cc1OCCN(C)C. The predicted octanol–water partition coefficient (Wildman–Crippen LogP) is 5.30. The number of rotatable bonds is 31. The number of halogens is 1. The molecule has 3 aromatic carbocycles. The lowest BCUT2D eigenvalue weighted by Gasteiger charge is -2.28. The number of hydrogen-bond donors (Lipinski definition) is 8. The number of hydrogen-bond acceptors (Lipinski definition) is 14. The van der Waals surface area contributed by atoms with Crippen LogP contribution in [0, 0.1) is 11.8 Å². The van der Waals surface area contributed by atoms with Crippen molar-refractivity contribution < 1.29 is 57.2 Å². The van der Waals surface area contributed by atoms with Crippen LogP contribution < -0.4 is 57.2 Å². The number of fused-ring (bicyclic) bond motifs is 4. The topological polar surface area (TPSA) is 292 Å². The standard InChI is InChI=1S/C60H79ClN10O12/c1-37(2)53(69-60(77)82-36-38-12-7-6-8-13-38)56(73)68-45(16-11-22-65-59(63)76)55(72)66-42-19-17-39(18-20-42)54(57(74)64-23-26-80-29-28-79-25-21-62)83-49-33-48-52(44-15-10-9-14-43(44)49)41(34-61)35-71(48)58(75)47-30-40-31-51(81-27-24-70(3)4)50(78-5)32-46(40)67-47/h6-10,12,14-15,17-19,30-33,37-38,41-42,45,53-54,67H,11,13,16,20-29,34-36,62H2,1-5H3,(H,64,74)(H,66,72)(H,68,73)(H,69,77)(H3,63,65,76). The summed E-state index contributed by atoms with van der Waals surface area (Å²) >= 11 is 6.71. The first-order valence-corrected chi connectivity index (χ1v) is 28.6. The molecule has 0 fully saturated rings. The minimum Gasteiger partial charge on any atom is -0.493 e. The number of amides is 7. The van der Waals surface area contributed by atoms with E-state index in [9.17, 15) is 28.8 Å². The Kier molecular flexibility index (Phi) is 23.6. The number of nitrogens with zero attached hydrogens (tertiary/aromatic N) is 2. The molecule has 10 N–H and O–H groups in total. The third-order valence-corrected chi connectivity index (χ3v) is 14.6. The minimum absolute atomic E-state index is 0.0101. The summed E-state index contributed by atoms with van der Waals surface area (Å²) in [4.78, 5) is 88.7. The van der Waals surface area contributed by atoms with Crippen LogP contribution in [0.3, 0.4) is 0 Å². The zero-order chi connectivity index (χ0) is 59.4. The Hall–Kier alpha value is -7.63. The zero-order valence-corrected chi connectivity index (χ0v) is 48.6. The van der Waals surface area contributed by atoms with Crippen molar-refractivity contribution in [1.82, 2.24) is 36.5 Å². The number of likely N-dealkylation sites (N-methyl/N-ethyl adjacent to an activating group) is 1. The van der Waals surface area contributed by atoms with Crippen molar-refractivity contribution in [2.75, 3.05) is 104 Å². The summed E-state index contributed by atoms with van der Waals surface area (Å²) in [5.41, 5.74) is 13.8. The first-order valence-electron chi connectivity index (χ1n) is 28.1. The molecule has 1 aromatic heterocycles. The van der Waals surface area contributed by atoms with Gasteiger partial charge in [0.1, 0.15) is 30.1 Å². The Morgan fingerprint density at radius 2 is 1.64 bits per heavy atom. The molecule has 0 saturated heterocycles. The third-order valence-electron chi connectivity index (χ3n) is 14.2. The van der Waals surface area contributed by atoms with E-state index < -0.39 is 54.1 Å². The monoisotopic (exact) mass is 1170 g/mol. The Morgan fingerprint density at radius 1 is 0.855 bits per heavy atom. The van der Waals surface area contributed by atoms with Gasteiger partial charge in [-0.3, -0.25) is 19.2 Å². The summed E-state index contributed by atoms with van der Waals surface area (Å²) < 4.78 is 35.2. The number of allylic oxidation sites excluding steroid dienone is 3. The third kappa shape index (κ3) is 17.5. The second-order valence-corrected chi connectivity index (χ2v) is 21.3. The number of carbonyl (C=O) groups excluding carboxylic acids is 6. The van der Waals surface area contributed by atoms with Crippen molar-refractivity contribution in [1.29, 1.82) is 0 Å². The lowest BCUT2D eigenvalue weighted by molar-refractivity contribution is -0.131. The van der Waals surface area contributed by atoms with E-state index in [2.05, 4.69) is 31.6 Å². The molecule has 23 heteroatoms.